The molecule has 0 spiro atoms. The average Bonchev–Trinajstić information content (AvgIpc) is 2.55. The maximum absolute atomic E-state index is 12.3. The van der Waals surface area contributed by atoms with Gasteiger partial charge in [-0.2, -0.15) is 0 Å². The molecule has 0 saturated heterocycles. The van der Waals surface area contributed by atoms with Crippen LogP contribution in [0.1, 0.15) is 24.0 Å². The highest BCUT2D eigenvalue weighted by Crippen LogP contribution is 2.42. The Labute approximate surface area is 130 Å². The standard InChI is InChI=1S/C18H20O4/c1-12(19)17(13-8-6-5-7-9-13)18-15(21-3)10-14(20-2)11-16(18)22-4/h5-11,17H,1-4H3. The Morgan fingerprint density at radius 2 is 1.45 bits per heavy atom. The number of methoxy groups -OCH3 is 3. The number of carbonyl (C=O) groups is 1. The Morgan fingerprint density at radius 3 is 1.86 bits per heavy atom. The van der Waals surface area contributed by atoms with Crippen molar-refractivity contribution in [2.24, 2.45) is 0 Å². The molecule has 0 radical (unpaired) electrons. The van der Waals surface area contributed by atoms with Crippen molar-refractivity contribution in [2.45, 2.75) is 12.8 Å². The number of Topliss-reactive ketones (excluding diaryl/α,β-unsaturated/α-hetero) is 1. The molecule has 1 atom stereocenters. The van der Waals surface area contributed by atoms with Gasteiger partial charge >= 0.3 is 0 Å². The van der Waals surface area contributed by atoms with Gasteiger partial charge in [0.15, 0.2) is 0 Å². The molecule has 2 aromatic carbocycles. The Kier molecular flexibility index (Phi) is 5.04. The van der Waals surface area contributed by atoms with Crippen LogP contribution in [0.5, 0.6) is 17.2 Å². The number of carbonyl (C=O) groups excluding carboxylic acids is 1. The third kappa shape index (κ3) is 3.06. The maximum Gasteiger partial charge on any atom is 0.141 e. The molecule has 116 valence electrons. The minimum atomic E-state index is -0.447. The summed E-state index contributed by atoms with van der Waals surface area (Å²) in [4.78, 5) is 12.3. The fourth-order valence-corrected chi connectivity index (χ4v) is 2.57. The first-order valence-electron chi connectivity index (χ1n) is 6.97. The number of ketones is 1. The third-order valence-electron chi connectivity index (χ3n) is 3.58. The zero-order valence-electron chi connectivity index (χ0n) is 13.3. The van der Waals surface area contributed by atoms with Crippen molar-refractivity contribution in [3.8, 4) is 17.2 Å². The highest BCUT2D eigenvalue weighted by molar-refractivity contribution is 5.89. The van der Waals surface area contributed by atoms with Crippen molar-refractivity contribution >= 4 is 5.78 Å². The van der Waals surface area contributed by atoms with Crippen molar-refractivity contribution in [3.63, 3.8) is 0 Å². The first kappa shape index (κ1) is 15.9. The van der Waals surface area contributed by atoms with Crippen molar-refractivity contribution in [1.29, 1.82) is 0 Å². The Morgan fingerprint density at radius 1 is 0.909 bits per heavy atom. The third-order valence-corrected chi connectivity index (χ3v) is 3.58. The summed E-state index contributed by atoms with van der Waals surface area (Å²) in [5.74, 6) is 1.33. The molecular formula is C18H20O4. The summed E-state index contributed by atoms with van der Waals surface area (Å²) in [6, 6.07) is 13.1. The van der Waals surface area contributed by atoms with Gasteiger partial charge in [0.05, 0.1) is 32.8 Å². The Bertz CT molecular complexity index is 624. The van der Waals surface area contributed by atoms with Gasteiger partial charge in [0.2, 0.25) is 0 Å². The molecule has 4 heteroatoms. The van der Waals surface area contributed by atoms with Gasteiger partial charge in [0, 0.05) is 12.1 Å². The lowest BCUT2D eigenvalue weighted by molar-refractivity contribution is -0.117. The number of rotatable bonds is 6. The SMILES string of the molecule is COc1cc(OC)c(C(C(C)=O)c2ccccc2)c(OC)c1. The van der Waals surface area contributed by atoms with E-state index in [1.54, 1.807) is 40.4 Å². The predicted octanol–water partition coefficient (Wildman–Crippen LogP) is 3.43. The molecular weight excluding hydrogens is 280 g/mol. The zero-order valence-corrected chi connectivity index (χ0v) is 13.3. The Balaban J connectivity index is 2.68. The van der Waals surface area contributed by atoms with E-state index in [0.29, 0.717) is 22.8 Å². The number of hydrogen-bond donors (Lipinski definition) is 0. The van der Waals surface area contributed by atoms with Crippen molar-refractivity contribution in [2.75, 3.05) is 21.3 Å². The molecule has 0 aromatic heterocycles. The van der Waals surface area contributed by atoms with E-state index in [1.165, 1.54) is 0 Å². The van der Waals surface area contributed by atoms with Crippen molar-refractivity contribution < 1.29 is 19.0 Å². The fraction of sp³-hybridized carbons (Fsp3) is 0.278. The normalized spacial score (nSPS) is 11.6. The number of hydrogen-bond acceptors (Lipinski definition) is 4. The molecule has 0 heterocycles. The summed E-state index contributed by atoms with van der Waals surface area (Å²) in [7, 11) is 4.72. The van der Waals surface area contributed by atoms with Crippen LogP contribution < -0.4 is 14.2 Å². The quantitative estimate of drug-likeness (QED) is 0.820. The summed E-state index contributed by atoms with van der Waals surface area (Å²) >= 11 is 0. The fourth-order valence-electron chi connectivity index (χ4n) is 2.57. The van der Waals surface area contributed by atoms with E-state index in [1.807, 2.05) is 30.3 Å². The minimum Gasteiger partial charge on any atom is -0.496 e. The number of benzene rings is 2. The lowest BCUT2D eigenvalue weighted by Gasteiger charge is -2.21. The van der Waals surface area contributed by atoms with Crippen molar-refractivity contribution in [1.82, 2.24) is 0 Å². The smallest absolute Gasteiger partial charge is 0.141 e. The van der Waals surface area contributed by atoms with Crippen LogP contribution in [-0.4, -0.2) is 27.1 Å². The summed E-state index contributed by atoms with van der Waals surface area (Å²) < 4.78 is 16.2. The highest BCUT2D eigenvalue weighted by atomic mass is 16.5. The molecule has 0 saturated carbocycles. The lowest BCUT2D eigenvalue weighted by atomic mass is 9.87. The molecule has 0 amide bonds. The molecule has 0 N–H and O–H groups in total. The summed E-state index contributed by atoms with van der Waals surface area (Å²) in [5, 5.41) is 0. The number of ether oxygens (including phenoxy) is 3. The molecule has 0 aliphatic rings. The van der Waals surface area contributed by atoms with E-state index < -0.39 is 5.92 Å². The second kappa shape index (κ2) is 6.98. The summed E-state index contributed by atoms with van der Waals surface area (Å²) in [6.07, 6.45) is 0. The Hall–Kier alpha value is -2.49. The molecule has 2 aromatic rings. The topological polar surface area (TPSA) is 44.8 Å². The minimum absolute atomic E-state index is 0.0213. The average molecular weight is 300 g/mol. The highest BCUT2D eigenvalue weighted by Gasteiger charge is 2.27. The van der Waals surface area contributed by atoms with Gasteiger partial charge in [-0.15, -0.1) is 0 Å². The first-order valence-corrected chi connectivity index (χ1v) is 6.97. The second-order valence-corrected chi connectivity index (χ2v) is 4.90. The largest absolute Gasteiger partial charge is 0.496 e. The van der Waals surface area contributed by atoms with Gasteiger partial charge in [0.1, 0.15) is 23.0 Å². The van der Waals surface area contributed by atoms with Crippen LogP contribution in [0.3, 0.4) is 0 Å². The van der Waals surface area contributed by atoms with Gasteiger partial charge in [-0.1, -0.05) is 30.3 Å². The van der Waals surface area contributed by atoms with Crippen molar-refractivity contribution in [3.05, 3.63) is 53.6 Å². The van der Waals surface area contributed by atoms with Crippen LogP contribution in [0, 0.1) is 0 Å². The van der Waals surface area contributed by atoms with E-state index in [4.69, 9.17) is 14.2 Å². The molecule has 2 rings (SSSR count). The molecule has 0 fully saturated rings. The van der Waals surface area contributed by atoms with E-state index in [9.17, 15) is 4.79 Å². The monoisotopic (exact) mass is 300 g/mol. The lowest BCUT2D eigenvalue weighted by Crippen LogP contribution is -2.13. The molecule has 4 nitrogen and oxygen atoms in total. The van der Waals surface area contributed by atoms with E-state index in [0.717, 1.165) is 5.56 Å². The van der Waals surface area contributed by atoms with Crippen LogP contribution >= 0.6 is 0 Å². The van der Waals surface area contributed by atoms with Gasteiger partial charge in [-0.05, 0) is 12.5 Å². The van der Waals surface area contributed by atoms with E-state index >= 15 is 0 Å². The summed E-state index contributed by atoms with van der Waals surface area (Å²) in [5.41, 5.74) is 1.61. The molecule has 0 bridgehead atoms. The van der Waals surface area contributed by atoms with E-state index in [2.05, 4.69) is 0 Å². The molecule has 0 aliphatic heterocycles. The van der Waals surface area contributed by atoms with Crippen LogP contribution in [0.2, 0.25) is 0 Å². The van der Waals surface area contributed by atoms with Gasteiger partial charge in [0.25, 0.3) is 0 Å². The van der Waals surface area contributed by atoms with Crippen LogP contribution in [0.25, 0.3) is 0 Å². The molecule has 0 aliphatic carbocycles. The first-order chi connectivity index (χ1) is 10.6. The van der Waals surface area contributed by atoms with Crippen LogP contribution in [-0.2, 0) is 4.79 Å². The van der Waals surface area contributed by atoms with Gasteiger partial charge in [-0.3, -0.25) is 4.79 Å². The molecule has 1 unspecified atom stereocenters. The van der Waals surface area contributed by atoms with Crippen LogP contribution in [0.4, 0.5) is 0 Å². The zero-order chi connectivity index (χ0) is 16.1. The second-order valence-electron chi connectivity index (χ2n) is 4.90. The van der Waals surface area contributed by atoms with Crippen LogP contribution in [0.15, 0.2) is 42.5 Å². The predicted molar refractivity (Wildman–Crippen MR) is 85.1 cm³/mol. The van der Waals surface area contributed by atoms with Gasteiger partial charge < -0.3 is 14.2 Å². The maximum atomic E-state index is 12.3. The van der Waals surface area contributed by atoms with E-state index in [-0.39, 0.29) is 5.78 Å². The molecule has 22 heavy (non-hydrogen) atoms. The summed E-state index contributed by atoms with van der Waals surface area (Å²) in [6.45, 7) is 1.57. The van der Waals surface area contributed by atoms with Gasteiger partial charge in [-0.25, -0.2) is 0 Å².